The molecule has 0 rings (SSSR count). The minimum absolute atomic E-state index is 0.116. The standard InChI is InChI=1S/C14H27NO3/c1-2-3-4-5-6-7-8-10-13(15)18-12-9-11-14(16)17/h15H,2-12H2,1H3,(H,16,17). The predicted octanol–water partition coefficient (Wildman–Crippen LogP) is 3.99. The van der Waals surface area contributed by atoms with E-state index < -0.39 is 5.97 Å². The number of unbranched alkanes of at least 4 members (excludes halogenated alkanes) is 6. The fourth-order valence-electron chi connectivity index (χ4n) is 1.73. The monoisotopic (exact) mass is 257 g/mol. The Labute approximate surface area is 110 Å². The summed E-state index contributed by atoms with van der Waals surface area (Å²) in [5.41, 5.74) is 0. The highest BCUT2D eigenvalue weighted by atomic mass is 16.5. The Morgan fingerprint density at radius 3 is 2.22 bits per heavy atom. The summed E-state index contributed by atoms with van der Waals surface area (Å²) >= 11 is 0. The Hall–Kier alpha value is -1.06. The van der Waals surface area contributed by atoms with E-state index in [4.69, 9.17) is 15.3 Å². The first-order valence-corrected chi connectivity index (χ1v) is 7.08. The van der Waals surface area contributed by atoms with Crippen LogP contribution in [-0.2, 0) is 9.53 Å². The van der Waals surface area contributed by atoms with E-state index in [1.54, 1.807) is 0 Å². The van der Waals surface area contributed by atoms with E-state index >= 15 is 0 Å². The zero-order valence-corrected chi connectivity index (χ0v) is 11.5. The Morgan fingerprint density at radius 2 is 1.61 bits per heavy atom. The first-order chi connectivity index (χ1) is 8.66. The molecule has 4 heteroatoms. The molecule has 0 fully saturated rings. The predicted molar refractivity (Wildman–Crippen MR) is 73.2 cm³/mol. The summed E-state index contributed by atoms with van der Waals surface area (Å²) in [4.78, 5) is 10.3. The molecule has 0 aromatic carbocycles. The summed E-state index contributed by atoms with van der Waals surface area (Å²) in [5, 5.41) is 16.0. The molecule has 0 bridgehead atoms. The highest BCUT2D eigenvalue weighted by Gasteiger charge is 2.00. The normalized spacial score (nSPS) is 10.3. The number of ether oxygens (including phenoxy) is 1. The van der Waals surface area contributed by atoms with Crippen LogP contribution in [0.25, 0.3) is 0 Å². The van der Waals surface area contributed by atoms with E-state index in [9.17, 15) is 4.79 Å². The second kappa shape index (κ2) is 12.4. The summed E-state index contributed by atoms with van der Waals surface area (Å²) in [6.07, 6.45) is 9.89. The van der Waals surface area contributed by atoms with Crippen LogP contribution in [-0.4, -0.2) is 23.6 Å². The third-order valence-electron chi connectivity index (χ3n) is 2.82. The number of carboxylic acids is 1. The molecule has 0 aliphatic rings. The van der Waals surface area contributed by atoms with Crippen molar-refractivity contribution in [2.24, 2.45) is 0 Å². The fourth-order valence-corrected chi connectivity index (χ4v) is 1.73. The van der Waals surface area contributed by atoms with Crippen molar-refractivity contribution in [3.63, 3.8) is 0 Å². The molecule has 0 aliphatic heterocycles. The zero-order chi connectivity index (χ0) is 13.6. The van der Waals surface area contributed by atoms with Gasteiger partial charge >= 0.3 is 5.97 Å². The van der Waals surface area contributed by atoms with Gasteiger partial charge in [0.1, 0.15) is 0 Å². The first-order valence-electron chi connectivity index (χ1n) is 7.08. The molecule has 106 valence electrons. The van der Waals surface area contributed by atoms with Crippen molar-refractivity contribution < 1.29 is 14.6 Å². The minimum Gasteiger partial charge on any atom is -0.481 e. The first kappa shape index (κ1) is 16.9. The third kappa shape index (κ3) is 13.0. The Bertz CT molecular complexity index is 229. The van der Waals surface area contributed by atoms with Crippen molar-refractivity contribution in [1.29, 1.82) is 5.41 Å². The number of hydrogen-bond donors (Lipinski definition) is 2. The molecule has 0 aromatic rings. The van der Waals surface area contributed by atoms with Crippen LogP contribution in [0.5, 0.6) is 0 Å². The van der Waals surface area contributed by atoms with Gasteiger partial charge in [0.2, 0.25) is 0 Å². The maximum Gasteiger partial charge on any atom is 0.303 e. The molecule has 0 unspecified atom stereocenters. The summed E-state index contributed by atoms with van der Waals surface area (Å²) < 4.78 is 5.16. The summed E-state index contributed by atoms with van der Waals surface area (Å²) in [6, 6.07) is 0. The quantitative estimate of drug-likeness (QED) is 0.315. The van der Waals surface area contributed by atoms with E-state index in [1.807, 2.05) is 0 Å². The van der Waals surface area contributed by atoms with E-state index in [2.05, 4.69) is 6.92 Å². The van der Waals surface area contributed by atoms with Gasteiger partial charge in [0, 0.05) is 12.8 Å². The van der Waals surface area contributed by atoms with Gasteiger partial charge in [0.05, 0.1) is 6.61 Å². The molecule has 0 atom stereocenters. The molecular weight excluding hydrogens is 230 g/mol. The van der Waals surface area contributed by atoms with Gasteiger partial charge in [-0.15, -0.1) is 0 Å². The molecule has 2 N–H and O–H groups in total. The molecule has 0 spiro atoms. The highest BCUT2D eigenvalue weighted by Crippen LogP contribution is 2.09. The lowest BCUT2D eigenvalue weighted by molar-refractivity contribution is -0.137. The van der Waals surface area contributed by atoms with Crippen molar-refractivity contribution in [2.75, 3.05) is 6.61 Å². The molecular formula is C14H27NO3. The van der Waals surface area contributed by atoms with Crippen molar-refractivity contribution in [3.8, 4) is 0 Å². The fraction of sp³-hybridized carbons (Fsp3) is 0.857. The van der Waals surface area contributed by atoms with Crippen molar-refractivity contribution in [2.45, 2.75) is 71.1 Å². The minimum atomic E-state index is -0.808. The Kier molecular flexibility index (Phi) is 11.7. The maximum absolute atomic E-state index is 10.3. The van der Waals surface area contributed by atoms with Gasteiger partial charge in [0.25, 0.3) is 0 Å². The largest absolute Gasteiger partial charge is 0.481 e. The zero-order valence-electron chi connectivity index (χ0n) is 11.5. The molecule has 0 aromatic heterocycles. The maximum atomic E-state index is 10.3. The number of hydrogen-bond acceptors (Lipinski definition) is 3. The van der Waals surface area contributed by atoms with Crippen LogP contribution in [0.4, 0.5) is 0 Å². The number of nitrogens with one attached hydrogen (secondary N) is 1. The molecule has 0 heterocycles. The van der Waals surface area contributed by atoms with Crippen molar-refractivity contribution in [1.82, 2.24) is 0 Å². The molecule has 4 nitrogen and oxygen atoms in total. The van der Waals surface area contributed by atoms with Crippen LogP contribution >= 0.6 is 0 Å². The average Bonchev–Trinajstić information content (AvgIpc) is 2.33. The van der Waals surface area contributed by atoms with Gasteiger partial charge in [-0.05, 0) is 12.8 Å². The topological polar surface area (TPSA) is 70.4 Å². The molecule has 0 radical (unpaired) electrons. The smallest absolute Gasteiger partial charge is 0.303 e. The number of carbonyl (C=O) groups is 1. The number of aliphatic carboxylic acids is 1. The van der Waals surface area contributed by atoms with Gasteiger partial charge in [0.15, 0.2) is 5.90 Å². The highest BCUT2D eigenvalue weighted by molar-refractivity contribution is 5.72. The van der Waals surface area contributed by atoms with Gasteiger partial charge < -0.3 is 9.84 Å². The molecule has 0 amide bonds. The lowest BCUT2D eigenvalue weighted by Crippen LogP contribution is -2.06. The Balaban J connectivity index is 3.19. The van der Waals surface area contributed by atoms with E-state index in [0.29, 0.717) is 25.3 Å². The average molecular weight is 257 g/mol. The van der Waals surface area contributed by atoms with Crippen LogP contribution in [0, 0.1) is 5.41 Å². The molecule has 0 saturated carbocycles. The van der Waals surface area contributed by atoms with Crippen LogP contribution in [0.3, 0.4) is 0 Å². The van der Waals surface area contributed by atoms with Crippen LogP contribution in [0.2, 0.25) is 0 Å². The summed E-state index contributed by atoms with van der Waals surface area (Å²) in [5.74, 6) is -0.508. The van der Waals surface area contributed by atoms with Gasteiger partial charge in [-0.1, -0.05) is 45.4 Å². The second-order valence-electron chi connectivity index (χ2n) is 4.64. The van der Waals surface area contributed by atoms with Crippen LogP contribution in [0.1, 0.15) is 71.1 Å². The summed E-state index contributed by atoms with van der Waals surface area (Å²) in [6.45, 7) is 2.56. The van der Waals surface area contributed by atoms with E-state index in [-0.39, 0.29) is 6.42 Å². The molecule has 0 saturated heterocycles. The third-order valence-corrected chi connectivity index (χ3v) is 2.82. The van der Waals surface area contributed by atoms with Gasteiger partial charge in [-0.3, -0.25) is 10.2 Å². The SMILES string of the molecule is CCCCCCCCCC(=N)OCCCC(=O)O. The van der Waals surface area contributed by atoms with E-state index in [0.717, 1.165) is 12.8 Å². The summed E-state index contributed by atoms with van der Waals surface area (Å²) in [7, 11) is 0. The van der Waals surface area contributed by atoms with Crippen molar-refractivity contribution in [3.05, 3.63) is 0 Å². The molecule has 0 aliphatic carbocycles. The second-order valence-corrected chi connectivity index (χ2v) is 4.64. The van der Waals surface area contributed by atoms with E-state index in [1.165, 1.54) is 32.1 Å². The number of rotatable bonds is 12. The van der Waals surface area contributed by atoms with Crippen molar-refractivity contribution >= 4 is 11.9 Å². The number of carboxylic acid groups (broad SMARTS) is 1. The van der Waals surface area contributed by atoms with Gasteiger partial charge in [-0.25, -0.2) is 0 Å². The lowest BCUT2D eigenvalue weighted by atomic mass is 10.1. The van der Waals surface area contributed by atoms with Gasteiger partial charge in [-0.2, -0.15) is 0 Å². The lowest BCUT2D eigenvalue weighted by Gasteiger charge is -2.06. The molecule has 18 heavy (non-hydrogen) atoms. The van der Waals surface area contributed by atoms with Crippen LogP contribution in [0.15, 0.2) is 0 Å². The van der Waals surface area contributed by atoms with Crippen LogP contribution < -0.4 is 0 Å². The Morgan fingerprint density at radius 1 is 1.00 bits per heavy atom.